The van der Waals surface area contributed by atoms with E-state index < -0.39 is 23.3 Å². The zero-order valence-corrected chi connectivity index (χ0v) is 13.5. The number of methoxy groups -OCH3 is 1. The van der Waals surface area contributed by atoms with Gasteiger partial charge in [0.2, 0.25) is 0 Å². The van der Waals surface area contributed by atoms with Crippen molar-refractivity contribution < 1.29 is 28.6 Å². The topological polar surface area (TPSA) is 82.0 Å². The van der Waals surface area contributed by atoms with Crippen LogP contribution in [-0.4, -0.2) is 34.8 Å². The molecule has 0 aromatic heterocycles. The summed E-state index contributed by atoms with van der Waals surface area (Å²) >= 11 is 0. The Morgan fingerprint density at radius 1 is 1.16 bits per heavy atom. The molecule has 0 aliphatic carbocycles. The second-order valence-corrected chi connectivity index (χ2v) is 5.40. The van der Waals surface area contributed by atoms with Gasteiger partial charge < -0.3 is 9.84 Å². The number of nitrogens with zero attached hydrogens (tertiary/aromatic N) is 1. The van der Waals surface area contributed by atoms with E-state index in [0.717, 1.165) is 11.6 Å². The number of ether oxygens (including phenoxy) is 1. The minimum absolute atomic E-state index is 0.0261. The molecule has 134 valence electrons. The summed E-state index contributed by atoms with van der Waals surface area (Å²) < 4.78 is 32.2. The van der Waals surface area contributed by atoms with Crippen LogP contribution in [-0.2, 0) is 17.9 Å². The van der Waals surface area contributed by atoms with Gasteiger partial charge in [0.05, 0.1) is 13.7 Å². The van der Waals surface area contributed by atoms with Crippen LogP contribution in [0.25, 0.3) is 0 Å². The van der Waals surface area contributed by atoms with E-state index in [1.54, 1.807) is 24.3 Å². The molecule has 0 spiro atoms. The summed E-state index contributed by atoms with van der Waals surface area (Å²) in [6, 6.07) is 9.18. The van der Waals surface area contributed by atoms with Crippen molar-refractivity contribution in [3.63, 3.8) is 0 Å². The number of hydrogen-bond donors (Lipinski definition) is 3. The van der Waals surface area contributed by atoms with Crippen LogP contribution in [0.5, 0.6) is 11.5 Å². The molecular formula is C17H18F2N2O4. The molecule has 0 fully saturated rings. The highest BCUT2D eigenvalue weighted by molar-refractivity contribution is 5.76. The van der Waals surface area contributed by atoms with E-state index in [9.17, 15) is 18.7 Å². The quantitative estimate of drug-likeness (QED) is 0.526. The van der Waals surface area contributed by atoms with Crippen LogP contribution < -0.4 is 10.2 Å². The Balaban J connectivity index is 2.20. The number of amides is 1. The van der Waals surface area contributed by atoms with Crippen LogP contribution in [0.4, 0.5) is 8.78 Å². The minimum Gasteiger partial charge on any atom is -0.503 e. The summed E-state index contributed by atoms with van der Waals surface area (Å²) in [5.41, 5.74) is 2.36. The fourth-order valence-electron chi connectivity index (χ4n) is 2.34. The molecule has 0 atom stereocenters. The van der Waals surface area contributed by atoms with Crippen molar-refractivity contribution in [1.82, 2.24) is 10.4 Å². The number of hydroxylamine groups is 1. The zero-order valence-electron chi connectivity index (χ0n) is 13.5. The molecule has 0 saturated heterocycles. The summed E-state index contributed by atoms with van der Waals surface area (Å²) in [6.45, 7) is -0.0335. The number of hydrogen-bond acceptors (Lipinski definition) is 5. The Hall–Kier alpha value is -2.71. The summed E-state index contributed by atoms with van der Waals surface area (Å²) in [6.07, 6.45) is 0. The van der Waals surface area contributed by atoms with Crippen LogP contribution in [0.15, 0.2) is 36.4 Å². The Morgan fingerprint density at radius 3 is 2.44 bits per heavy atom. The predicted molar refractivity (Wildman–Crippen MR) is 85.1 cm³/mol. The molecule has 0 unspecified atom stereocenters. The molecular weight excluding hydrogens is 334 g/mol. The van der Waals surface area contributed by atoms with Gasteiger partial charge in [0.25, 0.3) is 5.91 Å². The Bertz CT molecular complexity index is 738. The van der Waals surface area contributed by atoms with Gasteiger partial charge in [0, 0.05) is 18.7 Å². The lowest BCUT2D eigenvalue weighted by Gasteiger charge is -2.22. The third-order valence-electron chi connectivity index (χ3n) is 3.60. The Kier molecular flexibility index (Phi) is 6.26. The number of phenols is 1. The van der Waals surface area contributed by atoms with Crippen molar-refractivity contribution in [2.75, 3.05) is 13.7 Å². The van der Waals surface area contributed by atoms with Gasteiger partial charge in [-0.1, -0.05) is 18.2 Å². The molecule has 25 heavy (non-hydrogen) atoms. The maximum Gasteiger partial charge on any atom is 0.257 e. The SMILES string of the molecule is COc1ccc(CN(CC(=O)NO)Cc2ccc(F)c(O)c2F)cc1. The van der Waals surface area contributed by atoms with Gasteiger partial charge in [-0.15, -0.1) is 0 Å². The first kappa shape index (κ1) is 18.6. The smallest absolute Gasteiger partial charge is 0.257 e. The van der Waals surface area contributed by atoms with Crippen molar-refractivity contribution in [3.05, 3.63) is 59.2 Å². The standard InChI is InChI=1S/C17H18F2N2O4/c1-25-13-5-2-11(3-6-13)8-21(10-15(22)20-24)9-12-4-7-14(18)17(23)16(12)19/h2-7,23-24H,8-10H2,1H3,(H,20,22). The van der Waals surface area contributed by atoms with Crippen molar-refractivity contribution in [2.24, 2.45) is 0 Å². The van der Waals surface area contributed by atoms with E-state index in [2.05, 4.69) is 0 Å². The van der Waals surface area contributed by atoms with Gasteiger partial charge >= 0.3 is 0 Å². The highest BCUT2D eigenvalue weighted by Gasteiger charge is 2.17. The number of benzene rings is 2. The Labute approximate surface area is 143 Å². The van der Waals surface area contributed by atoms with Gasteiger partial charge in [-0.3, -0.25) is 14.9 Å². The third kappa shape index (κ3) is 4.88. The predicted octanol–water partition coefficient (Wildman–Crippen LogP) is 2.19. The maximum absolute atomic E-state index is 14.0. The van der Waals surface area contributed by atoms with Crippen molar-refractivity contribution in [1.29, 1.82) is 0 Å². The van der Waals surface area contributed by atoms with Crippen LogP contribution in [0.1, 0.15) is 11.1 Å². The maximum atomic E-state index is 14.0. The second-order valence-electron chi connectivity index (χ2n) is 5.40. The average Bonchev–Trinajstić information content (AvgIpc) is 2.62. The lowest BCUT2D eigenvalue weighted by Crippen LogP contribution is -2.35. The molecule has 0 radical (unpaired) electrons. The van der Waals surface area contributed by atoms with Crippen molar-refractivity contribution in [3.8, 4) is 11.5 Å². The molecule has 2 aromatic rings. The molecule has 1 amide bonds. The van der Waals surface area contributed by atoms with Gasteiger partial charge in [-0.05, 0) is 23.8 Å². The molecule has 8 heteroatoms. The first-order valence-corrected chi connectivity index (χ1v) is 7.38. The van der Waals surface area contributed by atoms with E-state index in [-0.39, 0.29) is 25.2 Å². The number of carbonyl (C=O) groups excluding carboxylic acids is 1. The minimum atomic E-state index is -1.08. The normalized spacial score (nSPS) is 10.8. The van der Waals surface area contributed by atoms with Crippen LogP contribution >= 0.6 is 0 Å². The molecule has 2 rings (SSSR count). The molecule has 3 N–H and O–H groups in total. The number of halogens is 2. The molecule has 0 aliphatic rings. The molecule has 0 aliphatic heterocycles. The average molecular weight is 352 g/mol. The summed E-state index contributed by atoms with van der Waals surface area (Å²) in [4.78, 5) is 13.0. The van der Waals surface area contributed by atoms with E-state index >= 15 is 0 Å². The van der Waals surface area contributed by atoms with Crippen LogP contribution in [0.2, 0.25) is 0 Å². The summed E-state index contributed by atoms with van der Waals surface area (Å²) in [5, 5.41) is 18.1. The van der Waals surface area contributed by atoms with Crippen LogP contribution in [0.3, 0.4) is 0 Å². The lowest BCUT2D eigenvalue weighted by molar-refractivity contribution is -0.130. The summed E-state index contributed by atoms with van der Waals surface area (Å²) in [5.74, 6) is -3.22. The highest BCUT2D eigenvalue weighted by Crippen LogP contribution is 2.24. The third-order valence-corrected chi connectivity index (χ3v) is 3.60. The van der Waals surface area contributed by atoms with Gasteiger partial charge in [-0.2, -0.15) is 0 Å². The number of nitrogens with one attached hydrogen (secondary N) is 1. The van der Waals surface area contributed by atoms with E-state index in [1.807, 2.05) is 0 Å². The van der Waals surface area contributed by atoms with Crippen LogP contribution in [0, 0.1) is 11.6 Å². The molecule has 0 heterocycles. The van der Waals surface area contributed by atoms with E-state index in [0.29, 0.717) is 5.75 Å². The second kappa shape index (κ2) is 8.41. The fourth-order valence-corrected chi connectivity index (χ4v) is 2.34. The van der Waals surface area contributed by atoms with Gasteiger partial charge in [0.15, 0.2) is 17.4 Å². The lowest BCUT2D eigenvalue weighted by atomic mass is 10.1. The van der Waals surface area contributed by atoms with Crippen molar-refractivity contribution in [2.45, 2.75) is 13.1 Å². The first-order valence-electron chi connectivity index (χ1n) is 7.38. The van der Waals surface area contributed by atoms with Crippen molar-refractivity contribution >= 4 is 5.91 Å². The van der Waals surface area contributed by atoms with E-state index in [1.165, 1.54) is 23.6 Å². The number of rotatable bonds is 7. The number of carbonyl (C=O) groups is 1. The Morgan fingerprint density at radius 2 is 1.84 bits per heavy atom. The molecule has 0 saturated carbocycles. The summed E-state index contributed by atoms with van der Waals surface area (Å²) in [7, 11) is 1.54. The fraction of sp³-hybridized carbons (Fsp3) is 0.235. The molecule has 0 bridgehead atoms. The largest absolute Gasteiger partial charge is 0.503 e. The first-order chi connectivity index (χ1) is 11.9. The highest BCUT2D eigenvalue weighted by atomic mass is 19.1. The van der Waals surface area contributed by atoms with Gasteiger partial charge in [0.1, 0.15) is 5.75 Å². The number of aromatic hydroxyl groups is 1. The van der Waals surface area contributed by atoms with Gasteiger partial charge in [-0.25, -0.2) is 14.3 Å². The monoisotopic (exact) mass is 352 g/mol. The molecule has 6 nitrogen and oxygen atoms in total. The molecule has 2 aromatic carbocycles. The van der Waals surface area contributed by atoms with E-state index in [4.69, 9.17) is 9.94 Å². The zero-order chi connectivity index (χ0) is 18.4. The number of phenolic OH excluding ortho intramolecular Hbond substituents is 1.